The monoisotopic (exact) mass is 124 g/mol. The van der Waals surface area contributed by atoms with Crippen LogP contribution >= 0.6 is 0 Å². The van der Waals surface area contributed by atoms with Crippen molar-refractivity contribution in [2.45, 2.75) is 33.1 Å². The second-order valence-electron chi connectivity index (χ2n) is 2.39. The minimum absolute atomic E-state index is 0.370. The highest BCUT2D eigenvalue weighted by Gasteiger charge is 2.22. The van der Waals surface area contributed by atoms with Crippen LogP contribution in [0.15, 0.2) is 11.1 Å². The van der Waals surface area contributed by atoms with Crippen LogP contribution in [0.3, 0.4) is 0 Å². The average molecular weight is 124 g/mol. The molecule has 0 unspecified atom stereocenters. The maximum atomic E-state index is 10.8. The van der Waals surface area contributed by atoms with Gasteiger partial charge in [0.15, 0.2) is 5.78 Å². The van der Waals surface area contributed by atoms with Gasteiger partial charge in [-0.05, 0) is 18.4 Å². The first kappa shape index (κ1) is 6.53. The van der Waals surface area contributed by atoms with Gasteiger partial charge in [-0.2, -0.15) is 0 Å². The summed E-state index contributed by atoms with van der Waals surface area (Å²) in [4.78, 5) is 10.8. The van der Waals surface area contributed by atoms with E-state index < -0.39 is 0 Å². The fourth-order valence-corrected chi connectivity index (χ4v) is 1.28. The number of hydrogen-bond donors (Lipinski definition) is 0. The first-order chi connectivity index (χ1) is 4.29. The zero-order valence-electron chi connectivity index (χ0n) is 6.03. The quantitative estimate of drug-likeness (QED) is 0.550. The molecule has 0 aromatic heterocycles. The molecule has 50 valence electrons. The minimum Gasteiger partial charge on any atom is -0.294 e. The molecule has 0 heterocycles. The van der Waals surface area contributed by atoms with E-state index in [2.05, 4.69) is 6.92 Å². The molecule has 0 bridgehead atoms. The molecule has 0 amide bonds. The van der Waals surface area contributed by atoms with Crippen molar-refractivity contribution in [1.82, 2.24) is 0 Å². The third kappa shape index (κ3) is 0.913. The number of Topliss-reactive ketones (excluding diaryl/α,β-unsaturated/α-hetero) is 1. The molecule has 0 N–H and O–H groups in total. The Hall–Kier alpha value is -0.590. The lowest BCUT2D eigenvalue weighted by Gasteiger charge is -2.19. The first-order valence-electron chi connectivity index (χ1n) is 3.53. The molecule has 0 spiro atoms. The van der Waals surface area contributed by atoms with Gasteiger partial charge in [-0.25, -0.2) is 0 Å². The summed E-state index contributed by atoms with van der Waals surface area (Å²) in [6.45, 7) is 4.15. The van der Waals surface area contributed by atoms with Crippen molar-refractivity contribution in [3.05, 3.63) is 11.1 Å². The summed E-state index contributed by atoms with van der Waals surface area (Å²) in [6.07, 6.45) is 2.73. The molecule has 1 aliphatic carbocycles. The van der Waals surface area contributed by atoms with Gasteiger partial charge < -0.3 is 0 Å². The Bertz CT molecular complexity index is 165. The zero-order valence-corrected chi connectivity index (χ0v) is 6.03. The lowest BCUT2D eigenvalue weighted by Crippen LogP contribution is -2.16. The lowest BCUT2D eigenvalue weighted by atomic mass is 9.84. The van der Waals surface area contributed by atoms with E-state index in [0.29, 0.717) is 5.78 Å². The average Bonchev–Trinajstić information content (AvgIpc) is 1.83. The third-order valence-electron chi connectivity index (χ3n) is 1.92. The second-order valence-corrected chi connectivity index (χ2v) is 2.39. The molecule has 0 aliphatic heterocycles. The highest BCUT2D eigenvalue weighted by Crippen LogP contribution is 2.28. The van der Waals surface area contributed by atoms with Crippen LogP contribution in [0.1, 0.15) is 33.1 Å². The molecule has 0 aromatic rings. The molecule has 1 aliphatic rings. The van der Waals surface area contributed by atoms with Crippen molar-refractivity contribution >= 4 is 5.78 Å². The lowest BCUT2D eigenvalue weighted by molar-refractivity contribution is -0.116. The highest BCUT2D eigenvalue weighted by molar-refractivity contribution is 6.04. The molecular weight excluding hydrogens is 112 g/mol. The van der Waals surface area contributed by atoms with Crippen LogP contribution in [-0.4, -0.2) is 5.78 Å². The maximum Gasteiger partial charge on any atom is 0.162 e. The van der Waals surface area contributed by atoms with Crippen LogP contribution in [0.5, 0.6) is 0 Å². The smallest absolute Gasteiger partial charge is 0.162 e. The molecule has 0 aromatic carbocycles. The van der Waals surface area contributed by atoms with E-state index in [-0.39, 0.29) is 0 Å². The van der Waals surface area contributed by atoms with Crippen LogP contribution in [0.4, 0.5) is 0 Å². The van der Waals surface area contributed by atoms with E-state index in [0.717, 1.165) is 24.8 Å². The Morgan fingerprint density at radius 1 is 1.33 bits per heavy atom. The summed E-state index contributed by atoms with van der Waals surface area (Å²) in [5.41, 5.74) is 2.47. The summed E-state index contributed by atoms with van der Waals surface area (Å²) in [5.74, 6) is 0.370. The molecule has 0 atom stereocenters. The summed E-state index contributed by atoms with van der Waals surface area (Å²) in [6, 6.07) is 0. The van der Waals surface area contributed by atoms with Gasteiger partial charge in [-0.1, -0.05) is 19.4 Å². The van der Waals surface area contributed by atoms with Crippen LogP contribution in [-0.2, 0) is 4.79 Å². The standard InChI is InChI=1S/C8H12O/c1-3-6-5-8(9)7(6)4-2/h3-5H2,1-2H3. The van der Waals surface area contributed by atoms with Gasteiger partial charge in [0.1, 0.15) is 0 Å². The van der Waals surface area contributed by atoms with E-state index in [4.69, 9.17) is 0 Å². The van der Waals surface area contributed by atoms with Crippen LogP contribution in [0.25, 0.3) is 0 Å². The van der Waals surface area contributed by atoms with Crippen LogP contribution < -0.4 is 0 Å². The topological polar surface area (TPSA) is 17.1 Å². The van der Waals surface area contributed by atoms with Crippen molar-refractivity contribution in [1.29, 1.82) is 0 Å². The molecular formula is C8H12O. The molecule has 1 heteroatoms. The van der Waals surface area contributed by atoms with Gasteiger partial charge >= 0.3 is 0 Å². The Morgan fingerprint density at radius 3 is 2.22 bits per heavy atom. The molecule has 0 radical (unpaired) electrons. The van der Waals surface area contributed by atoms with Crippen LogP contribution in [0, 0.1) is 0 Å². The van der Waals surface area contributed by atoms with Gasteiger partial charge in [0.25, 0.3) is 0 Å². The van der Waals surface area contributed by atoms with Crippen LogP contribution in [0.2, 0.25) is 0 Å². The van der Waals surface area contributed by atoms with Crippen molar-refractivity contribution < 1.29 is 4.79 Å². The number of allylic oxidation sites excluding steroid dienone is 2. The van der Waals surface area contributed by atoms with Gasteiger partial charge in [-0.3, -0.25) is 4.79 Å². The van der Waals surface area contributed by atoms with Crippen molar-refractivity contribution in [2.75, 3.05) is 0 Å². The van der Waals surface area contributed by atoms with Gasteiger partial charge in [0, 0.05) is 6.42 Å². The van der Waals surface area contributed by atoms with Gasteiger partial charge in [-0.15, -0.1) is 0 Å². The second kappa shape index (κ2) is 2.34. The predicted molar refractivity (Wildman–Crippen MR) is 37.2 cm³/mol. The molecule has 1 rings (SSSR count). The van der Waals surface area contributed by atoms with E-state index in [1.165, 1.54) is 5.57 Å². The molecule has 9 heavy (non-hydrogen) atoms. The summed E-state index contributed by atoms with van der Waals surface area (Å²) in [5, 5.41) is 0. The number of ketones is 1. The summed E-state index contributed by atoms with van der Waals surface area (Å²) in [7, 11) is 0. The molecule has 0 fully saturated rings. The van der Waals surface area contributed by atoms with Gasteiger partial charge in [0.2, 0.25) is 0 Å². The first-order valence-corrected chi connectivity index (χ1v) is 3.53. The van der Waals surface area contributed by atoms with E-state index in [1.54, 1.807) is 0 Å². The molecule has 0 saturated carbocycles. The fraction of sp³-hybridized carbons (Fsp3) is 0.625. The largest absolute Gasteiger partial charge is 0.294 e. The Balaban J connectivity index is 2.70. The van der Waals surface area contributed by atoms with E-state index in [9.17, 15) is 4.79 Å². The fourth-order valence-electron chi connectivity index (χ4n) is 1.28. The number of hydrogen-bond acceptors (Lipinski definition) is 1. The molecule has 0 saturated heterocycles. The maximum absolute atomic E-state index is 10.8. The minimum atomic E-state index is 0.370. The van der Waals surface area contributed by atoms with E-state index >= 15 is 0 Å². The Morgan fingerprint density at radius 2 is 2.00 bits per heavy atom. The summed E-state index contributed by atoms with van der Waals surface area (Å²) < 4.78 is 0. The summed E-state index contributed by atoms with van der Waals surface area (Å²) >= 11 is 0. The van der Waals surface area contributed by atoms with Crippen molar-refractivity contribution in [3.8, 4) is 0 Å². The SMILES string of the molecule is CCC1=C(CC)C(=O)C1. The Kier molecular flexibility index (Phi) is 1.70. The normalized spacial score (nSPS) is 18.2. The number of carbonyl (C=O) groups excluding carboxylic acids is 1. The Labute approximate surface area is 55.8 Å². The van der Waals surface area contributed by atoms with Crippen molar-refractivity contribution in [2.24, 2.45) is 0 Å². The third-order valence-corrected chi connectivity index (χ3v) is 1.92. The number of rotatable bonds is 2. The highest BCUT2D eigenvalue weighted by atomic mass is 16.1. The predicted octanol–water partition coefficient (Wildman–Crippen LogP) is 2.08. The van der Waals surface area contributed by atoms with E-state index in [1.807, 2.05) is 6.92 Å². The van der Waals surface area contributed by atoms with Gasteiger partial charge in [0.05, 0.1) is 0 Å². The van der Waals surface area contributed by atoms with Crippen molar-refractivity contribution in [3.63, 3.8) is 0 Å². The molecule has 1 nitrogen and oxygen atoms in total. The zero-order chi connectivity index (χ0) is 6.85. The number of carbonyl (C=O) groups is 1.